The van der Waals surface area contributed by atoms with Gasteiger partial charge in [0.1, 0.15) is 6.10 Å². The Bertz CT molecular complexity index is 194. The molecule has 13 heavy (non-hydrogen) atoms. The second-order valence-electron chi connectivity index (χ2n) is 3.22. The topological polar surface area (TPSA) is 46.5 Å². The number of ether oxygens (including phenoxy) is 1. The van der Waals surface area contributed by atoms with E-state index in [2.05, 4.69) is 0 Å². The zero-order valence-corrected chi connectivity index (χ0v) is 8.70. The summed E-state index contributed by atoms with van der Waals surface area (Å²) >= 11 is 0. The number of allylic oxidation sites excluding steroid dienone is 1. The fourth-order valence-electron chi connectivity index (χ4n) is 0.762. The molecule has 0 rings (SSSR count). The van der Waals surface area contributed by atoms with E-state index in [0.717, 1.165) is 0 Å². The first-order valence-corrected chi connectivity index (χ1v) is 4.55. The highest BCUT2D eigenvalue weighted by Gasteiger charge is 2.11. The van der Waals surface area contributed by atoms with E-state index in [9.17, 15) is 9.90 Å². The van der Waals surface area contributed by atoms with Crippen LogP contribution in [0.4, 0.5) is 0 Å². The van der Waals surface area contributed by atoms with E-state index in [1.807, 2.05) is 20.8 Å². The number of ketones is 1. The second kappa shape index (κ2) is 5.75. The van der Waals surface area contributed by atoms with E-state index in [-0.39, 0.29) is 17.5 Å². The van der Waals surface area contributed by atoms with Crippen molar-refractivity contribution in [2.24, 2.45) is 5.92 Å². The van der Waals surface area contributed by atoms with Gasteiger partial charge in [-0.15, -0.1) is 0 Å². The van der Waals surface area contributed by atoms with Gasteiger partial charge in [0.15, 0.2) is 5.78 Å². The molecule has 1 atom stereocenters. The smallest absolute Gasteiger partial charge is 0.187 e. The Morgan fingerprint density at radius 2 is 2.00 bits per heavy atom. The van der Waals surface area contributed by atoms with Crippen LogP contribution in [0.25, 0.3) is 0 Å². The third kappa shape index (κ3) is 4.68. The average molecular weight is 186 g/mol. The average Bonchev–Trinajstić information content (AvgIpc) is 2.04. The highest BCUT2D eigenvalue weighted by atomic mass is 16.5. The van der Waals surface area contributed by atoms with Crippen LogP contribution >= 0.6 is 0 Å². The summed E-state index contributed by atoms with van der Waals surface area (Å²) in [4.78, 5) is 11.3. The molecule has 0 radical (unpaired) electrons. The monoisotopic (exact) mass is 186 g/mol. The van der Waals surface area contributed by atoms with Crippen LogP contribution in [0.3, 0.4) is 0 Å². The summed E-state index contributed by atoms with van der Waals surface area (Å²) in [6.07, 6.45) is 0.774. The van der Waals surface area contributed by atoms with Crippen molar-refractivity contribution in [3.8, 4) is 0 Å². The molecule has 3 nitrogen and oxygen atoms in total. The van der Waals surface area contributed by atoms with Gasteiger partial charge in [-0.1, -0.05) is 13.8 Å². The molecule has 1 unspecified atom stereocenters. The van der Waals surface area contributed by atoms with Gasteiger partial charge in [-0.25, -0.2) is 0 Å². The van der Waals surface area contributed by atoms with Gasteiger partial charge in [0.2, 0.25) is 0 Å². The maximum Gasteiger partial charge on any atom is 0.187 e. The minimum absolute atomic E-state index is 0.0159. The predicted molar refractivity (Wildman–Crippen MR) is 51.6 cm³/mol. The molecule has 0 spiro atoms. The van der Waals surface area contributed by atoms with Gasteiger partial charge in [-0.05, 0) is 13.8 Å². The van der Waals surface area contributed by atoms with E-state index in [0.29, 0.717) is 6.61 Å². The molecule has 0 aromatic heterocycles. The number of rotatable bonds is 5. The number of carbonyl (C=O) groups is 1. The van der Waals surface area contributed by atoms with Crippen LogP contribution in [0.15, 0.2) is 11.8 Å². The molecule has 0 bridgehead atoms. The van der Waals surface area contributed by atoms with Crippen molar-refractivity contribution in [1.29, 1.82) is 0 Å². The Morgan fingerprint density at radius 3 is 2.38 bits per heavy atom. The van der Waals surface area contributed by atoms with Gasteiger partial charge in [-0.2, -0.15) is 0 Å². The Balaban J connectivity index is 4.20. The van der Waals surface area contributed by atoms with E-state index < -0.39 is 6.10 Å². The molecule has 0 amide bonds. The van der Waals surface area contributed by atoms with Crippen molar-refractivity contribution in [1.82, 2.24) is 0 Å². The Kier molecular flexibility index (Phi) is 5.39. The Labute approximate surface area is 79.4 Å². The molecule has 76 valence electrons. The summed E-state index contributed by atoms with van der Waals surface area (Å²) in [6, 6.07) is 0. The normalized spacial score (nSPS) is 14.7. The molecule has 0 fully saturated rings. The lowest BCUT2D eigenvalue weighted by Crippen LogP contribution is -2.19. The summed E-state index contributed by atoms with van der Waals surface area (Å²) in [5.41, 5.74) is 0. The van der Waals surface area contributed by atoms with Crippen LogP contribution in [-0.2, 0) is 9.53 Å². The molecule has 1 N–H and O–H groups in total. The van der Waals surface area contributed by atoms with E-state index in [1.54, 1.807) is 6.92 Å². The highest BCUT2D eigenvalue weighted by Crippen LogP contribution is 2.06. The first kappa shape index (κ1) is 12.2. The minimum atomic E-state index is -0.467. The van der Waals surface area contributed by atoms with Gasteiger partial charge < -0.3 is 9.84 Å². The summed E-state index contributed by atoms with van der Waals surface area (Å²) in [6.45, 7) is 7.66. The van der Waals surface area contributed by atoms with Crippen molar-refractivity contribution < 1.29 is 14.6 Å². The third-order valence-electron chi connectivity index (χ3n) is 1.70. The molecule has 0 aromatic rings. The zero-order valence-electron chi connectivity index (χ0n) is 8.70. The fourth-order valence-corrected chi connectivity index (χ4v) is 0.762. The standard InChI is InChI=1S/C10H18O3/c1-5-13-8(4)10(12)6-9(11)7(2)3/h6-8,11H,5H2,1-4H3. The number of aliphatic hydroxyl groups excluding tert-OH is 1. The van der Waals surface area contributed by atoms with Crippen molar-refractivity contribution in [2.75, 3.05) is 6.61 Å². The Morgan fingerprint density at radius 1 is 1.46 bits per heavy atom. The molecule has 0 aliphatic carbocycles. The summed E-state index contributed by atoms with van der Waals surface area (Å²) in [5.74, 6) is -0.0950. The second-order valence-corrected chi connectivity index (χ2v) is 3.22. The molecule has 0 saturated carbocycles. The summed E-state index contributed by atoms with van der Waals surface area (Å²) < 4.78 is 5.08. The van der Waals surface area contributed by atoms with Crippen LogP contribution in [0, 0.1) is 5.92 Å². The van der Waals surface area contributed by atoms with Gasteiger partial charge in [-0.3, -0.25) is 4.79 Å². The molecule has 0 heterocycles. The highest BCUT2D eigenvalue weighted by molar-refractivity contribution is 5.93. The van der Waals surface area contributed by atoms with Gasteiger partial charge >= 0.3 is 0 Å². The van der Waals surface area contributed by atoms with Crippen molar-refractivity contribution in [3.63, 3.8) is 0 Å². The Hall–Kier alpha value is -0.830. The lowest BCUT2D eigenvalue weighted by molar-refractivity contribution is -0.124. The van der Waals surface area contributed by atoms with Crippen LogP contribution in [0.5, 0.6) is 0 Å². The molecular weight excluding hydrogens is 168 g/mol. The van der Waals surface area contributed by atoms with Crippen molar-refractivity contribution in [2.45, 2.75) is 33.8 Å². The number of hydrogen-bond donors (Lipinski definition) is 1. The molecule has 3 heteroatoms. The first-order valence-electron chi connectivity index (χ1n) is 4.55. The largest absolute Gasteiger partial charge is 0.512 e. The maximum absolute atomic E-state index is 11.3. The predicted octanol–water partition coefficient (Wildman–Crippen LogP) is 2.08. The van der Waals surface area contributed by atoms with Crippen LogP contribution in [0.2, 0.25) is 0 Å². The molecule has 0 saturated heterocycles. The molecular formula is C10H18O3. The SMILES string of the molecule is CCOC(C)C(=O)C=C(O)C(C)C. The van der Waals surface area contributed by atoms with Crippen molar-refractivity contribution in [3.05, 3.63) is 11.8 Å². The lowest BCUT2D eigenvalue weighted by atomic mass is 10.1. The zero-order chi connectivity index (χ0) is 10.4. The van der Waals surface area contributed by atoms with Crippen LogP contribution < -0.4 is 0 Å². The van der Waals surface area contributed by atoms with Crippen LogP contribution in [-0.4, -0.2) is 23.6 Å². The van der Waals surface area contributed by atoms with Crippen molar-refractivity contribution >= 4 is 5.78 Å². The maximum atomic E-state index is 11.3. The number of carbonyl (C=O) groups excluding carboxylic acids is 1. The van der Waals surface area contributed by atoms with E-state index >= 15 is 0 Å². The number of hydrogen-bond acceptors (Lipinski definition) is 3. The summed E-state index contributed by atoms with van der Waals surface area (Å²) in [5, 5.41) is 9.30. The van der Waals surface area contributed by atoms with Gasteiger partial charge in [0, 0.05) is 18.6 Å². The minimum Gasteiger partial charge on any atom is -0.512 e. The lowest BCUT2D eigenvalue weighted by Gasteiger charge is -2.08. The van der Waals surface area contributed by atoms with Gasteiger partial charge in [0.05, 0.1) is 5.76 Å². The van der Waals surface area contributed by atoms with Gasteiger partial charge in [0.25, 0.3) is 0 Å². The third-order valence-corrected chi connectivity index (χ3v) is 1.70. The first-order chi connectivity index (χ1) is 5.99. The molecule has 0 aliphatic heterocycles. The molecule has 0 aromatic carbocycles. The quantitative estimate of drug-likeness (QED) is 0.528. The summed E-state index contributed by atoms with van der Waals surface area (Å²) in [7, 11) is 0. The van der Waals surface area contributed by atoms with E-state index in [4.69, 9.17) is 4.74 Å². The fraction of sp³-hybridized carbons (Fsp3) is 0.700. The van der Waals surface area contributed by atoms with Crippen LogP contribution in [0.1, 0.15) is 27.7 Å². The molecule has 0 aliphatic rings. The number of aliphatic hydroxyl groups is 1. The van der Waals surface area contributed by atoms with E-state index in [1.165, 1.54) is 6.08 Å².